The number of carboxylic acid groups (broad SMARTS) is 1. The maximum absolute atomic E-state index is 12.1. The fourth-order valence-electron chi connectivity index (χ4n) is 2.14. The van der Waals surface area contributed by atoms with Crippen LogP contribution in [0.3, 0.4) is 0 Å². The van der Waals surface area contributed by atoms with E-state index in [-0.39, 0.29) is 19.5 Å². The van der Waals surface area contributed by atoms with Crippen molar-refractivity contribution in [1.29, 1.82) is 0 Å². The molecule has 1 aromatic carbocycles. The van der Waals surface area contributed by atoms with Crippen molar-refractivity contribution in [1.82, 2.24) is 10.2 Å². The van der Waals surface area contributed by atoms with Crippen molar-refractivity contribution in [2.45, 2.75) is 20.3 Å². The number of imide groups is 1. The lowest BCUT2D eigenvalue weighted by molar-refractivity contribution is -0.146. The van der Waals surface area contributed by atoms with Crippen LogP contribution >= 0.6 is 0 Å². The van der Waals surface area contributed by atoms with E-state index in [1.54, 1.807) is 24.3 Å². The number of carbonyl (C=O) groups excluding carboxylic acids is 3. The van der Waals surface area contributed by atoms with Crippen LogP contribution in [0.4, 0.5) is 0 Å². The van der Waals surface area contributed by atoms with E-state index in [0.717, 1.165) is 4.90 Å². The average Bonchev–Trinajstić information content (AvgIpc) is 2.75. The first-order chi connectivity index (χ1) is 10.7. The molecule has 23 heavy (non-hydrogen) atoms. The molecule has 0 spiro atoms. The number of hydrogen-bond acceptors (Lipinski definition) is 4. The molecule has 2 N–H and O–H groups in total. The van der Waals surface area contributed by atoms with Crippen molar-refractivity contribution in [3.8, 4) is 0 Å². The Morgan fingerprint density at radius 3 is 2.13 bits per heavy atom. The van der Waals surface area contributed by atoms with Crippen LogP contribution in [0, 0.1) is 5.41 Å². The van der Waals surface area contributed by atoms with Gasteiger partial charge in [-0.1, -0.05) is 12.1 Å². The summed E-state index contributed by atoms with van der Waals surface area (Å²) in [4.78, 5) is 48.0. The van der Waals surface area contributed by atoms with Crippen LogP contribution < -0.4 is 5.32 Å². The van der Waals surface area contributed by atoms with E-state index < -0.39 is 29.1 Å². The molecule has 1 heterocycles. The first kappa shape index (κ1) is 16.7. The van der Waals surface area contributed by atoms with Gasteiger partial charge < -0.3 is 10.4 Å². The predicted octanol–water partition coefficient (Wildman–Crippen LogP) is 0.900. The number of nitrogens with one attached hydrogen (secondary N) is 1. The Bertz CT molecular complexity index is 646. The Hall–Kier alpha value is -2.70. The van der Waals surface area contributed by atoms with E-state index in [4.69, 9.17) is 5.11 Å². The van der Waals surface area contributed by atoms with Gasteiger partial charge in [-0.2, -0.15) is 0 Å². The van der Waals surface area contributed by atoms with Crippen LogP contribution in [0.25, 0.3) is 0 Å². The van der Waals surface area contributed by atoms with Crippen LogP contribution in [0.1, 0.15) is 41.0 Å². The maximum Gasteiger partial charge on any atom is 0.310 e. The van der Waals surface area contributed by atoms with Crippen LogP contribution in [0.15, 0.2) is 24.3 Å². The third-order valence-corrected chi connectivity index (χ3v) is 3.75. The highest BCUT2D eigenvalue weighted by molar-refractivity contribution is 6.21. The summed E-state index contributed by atoms with van der Waals surface area (Å²) >= 11 is 0. The topological polar surface area (TPSA) is 104 Å². The Labute approximate surface area is 133 Å². The molecule has 7 heteroatoms. The molecule has 0 saturated heterocycles. The number of hydrogen-bond donors (Lipinski definition) is 2. The molecular weight excluding hydrogens is 300 g/mol. The fraction of sp³-hybridized carbons (Fsp3) is 0.375. The lowest BCUT2D eigenvalue weighted by Crippen LogP contribution is -2.40. The quantitative estimate of drug-likeness (QED) is 0.758. The van der Waals surface area contributed by atoms with Gasteiger partial charge >= 0.3 is 5.97 Å². The summed E-state index contributed by atoms with van der Waals surface area (Å²) in [7, 11) is 0. The first-order valence-electron chi connectivity index (χ1n) is 7.19. The molecule has 2 rings (SSSR count). The van der Waals surface area contributed by atoms with Gasteiger partial charge in [0.25, 0.3) is 11.8 Å². The van der Waals surface area contributed by atoms with Gasteiger partial charge in [0, 0.05) is 19.5 Å². The molecule has 0 aliphatic carbocycles. The fourth-order valence-corrected chi connectivity index (χ4v) is 2.14. The Morgan fingerprint density at radius 2 is 1.65 bits per heavy atom. The Kier molecular flexibility index (Phi) is 4.49. The molecule has 1 aliphatic heterocycles. The van der Waals surface area contributed by atoms with Crippen molar-refractivity contribution in [2.75, 3.05) is 13.1 Å². The van der Waals surface area contributed by atoms with Crippen molar-refractivity contribution in [3.63, 3.8) is 0 Å². The Morgan fingerprint density at radius 1 is 1.13 bits per heavy atom. The number of rotatable bonds is 6. The van der Waals surface area contributed by atoms with Crippen molar-refractivity contribution < 1.29 is 24.3 Å². The number of carboxylic acids is 1. The van der Waals surface area contributed by atoms with Gasteiger partial charge in [-0.25, -0.2) is 0 Å². The molecule has 0 unspecified atom stereocenters. The van der Waals surface area contributed by atoms with Gasteiger partial charge in [-0.15, -0.1) is 0 Å². The molecule has 122 valence electrons. The van der Waals surface area contributed by atoms with Gasteiger partial charge in [0.15, 0.2) is 0 Å². The zero-order valence-corrected chi connectivity index (χ0v) is 13.0. The molecule has 3 amide bonds. The second kappa shape index (κ2) is 6.20. The maximum atomic E-state index is 12.1. The molecular formula is C16H18N2O5. The van der Waals surface area contributed by atoms with E-state index in [1.165, 1.54) is 13.8 Å². The standard InChI is InChI=1S/C16H18N2O5/c1-16(2,15(22)23)9-17-12(19)7-8-18-13(20)10-5-3-4-6-11(10)14(18)21/h3-6H,7-9H2,1-2H3,(H,17,19)(H,22,23). The summed E-state index contributed by atoms with van der Waals surface area (Å²) < 4.78 is 0. The minimum absolute atomic E-state index is 0.0245. The molecule has 0 atom stereocenters. The highest BCUT2D eigenvalue weighted by Gasteiger charge is 2.35. The third-order valence-electron chi connectivity index (χ3n) is 3.75. The predicted molar refractivity (Wildman–Crippen MR) is 80.9 cm³/mol. The number of carbonyl (C=O) groups is 4. The van der Waals surface area contributed by atoms with E-state index in [0.29, 0.717) is 11.1 Å². The summed E-state index contributed by atoms with van der Waals surface area (Å²) in [5.41, 5.74) is -0.402. The smallest absolute Gasteiger partial charge is 0.310 e. The van der Waals surface area contributed by atoms with Gasteiger partial charge in [0.05, 0.1) is 16.5 Å². The summed E-state index contributed by atoms with van der Waals surface area (Å²) in [5.74, 6) is -2.25. The monoisotopic (exact) mass is 318 g/mol. The molecule has 0 saturated carbocycles. The van der Waals surface area contributed by atoms with Gasteiger partial charge in [0.1, 0.15) is 0 Å². The second-order valence-corrected chi connectivity index (χ2v) is 6.02. The zero-order valence-electron chi connectivity index (χ0n) is 13.0. The van der Waals surface area contributed by atoms with Gasteiger partial charge in [0.2, 0.25) is 5.91 Å². The lowest BCUT2D eigenvalue weighted by Gasteiger charge is -2.20. The van der Waals surface area contributed by atoms with Gasteiger partial charge in [-0.3, -0.25) is 24.1 Å². The zero-order chi connectivity index (χ0) is 17.2. The Balaban J connectivity index is 1.90. The molecule has 1 aliphatic rings. The molecule has 7 nitrogen and oxygen atoms in total. The van der Waals surface area contributed by atoms with Crippen LogP contribution in [-0.2, 0) is 9.59 Å². The minimum Gasteiger partial charge on any atom is -0.481 e. The molecule has 1 aromatic rings. The number of benzene rings is 1. The van der Waals surface area contributed by atoms with Crippen LogP contribution in [-0.4, -0.2) is 46.8 Å². The summed E-state index contributed by atoms with van der Waals surface area (Å²) in [6.07, 6.45) is -0.0683. The van der Waals surface area contributed by atoms with E-state index >= 15 is 0 Å². The molecule has 0 bridgehead atoms. The summed E-state index contributed by atoms with van der Waals surface area (Å²) in [5, 5.41) is 11.5. The molecule has 0 aromatic heterocycles. The second-order valence-electron chi connectivity index (χ2n) is 6.02. The van der Waals surface area contributed by atoms with E-state index in [2.05, 4.69) is 5.32 Å². The third kappa shape index (κ3) is 3.39. The highest BCUT2D eigenvalue weighted by atomic mass is 16.4. The van der Waals surface area contributed by atoms with E-state index in [1.807, 2.05) is 0 Å². The van der Waals surface area contributed by atoms with Crippen molar-refractivity contribution >= 4 is 23.7 Å². The summed E-state index contributed by atoms with van der Waals surface area (Å²) in [6, 6.07) is 6.50. The lowest BCUT2D eigenvalue weighted by atomic mass is 9.94. The average molecular weight is 318 g/mol. The van der Waals surface area contributed by atoms with Crippen LogP contribution in [0.2, 0.25) is 0 Å². The summed E-state index contributed by atoms with van der Waals surface area (Å²) in [6.45, 7) is 2.94. The number of fused-ring (bicyclic) bond motifs is 1. The number of aliphatic carboxylic acids is 1. The van der Waals surface area contributed by atoms with Crippen LogP contribution in [0.5, 0.6) is 0 Å². The molecule has 0 radical (unpaired) electrons. The minimum atomic E-state index is -1.08. The van der Waals surface area contributed by atoms with Crippen molar-refractivity contribution in [3.05, 3.63) is 35.4 Å². The highest BCUT2D eigenvalue weighted by Crippen LogP contribution is 2.22. The first-order valence-corrected chi connectivity index (χ1v) is 7.19. The number of nitrogens with zero attached hydrogens (tertiary/aromatic N) is 1. The van der Waals surface area contributed by atoms with E-state index in [9.17, 15) is 19.2 Å². The molecule has 0 fully saturated rings. The largest absolute Gasteiger partial charge is 0.481 e. The SMILES string of the molecule is CC(C)(CNC(=O)CCN1C(=O)c2ccccc2C1=O)C(=O)O. The number of amides is 3. The van der Waals surface area contributed by atoms with Crippen molar-refractivity contribution in [2.24, 2.45) is 5.41 Å². The normalized spacial score (nSPS) is 13.9. The van der Waals surface area contributed by atoms with Gasteiger partial charge in [-0.05, 0) is 26.0 Å².